The van der Waals surface area contributed by atoms with Crippen molar-refractivity contribution in [1.29, 1.82) is 0 Å². The van der Waals surface area contributed by atoms with Gasteiger partial charge >= 0.3 is 15.5 Å². The molecule has 0 unspecified atom stereocenters. The van der Waals surface area contributed by atoms with Crippen LogP contribution in [-0.4, -0.2) is 69.4 Å². The third kappa shape index (κ3) is 6.23. The average molecular weight is 415 g/mol. The Bertz CT molecular complexity index is 642. The summed E-state index contributed by atoms with van der Waals surface area (Å²) in [5, 5.41) is 8.84. The number of carbonyl (C=O) groups is 1. The molecule has 1 fully saturated rings. The van der Waals surface area contributed by atoms with Crippen LogP contribution in [0, 0.1) is 5.41 Å². The number of hydrogen-bond acceptors (Lipinski definition) is 4. The summed E-state index contributed by atoms with van der Waals surface area (Å²) in [5.74, 6) is 0.295. The van der Waals surface area contributed by atoms with Crippen molar-refractivity contribution in [1.82, 2.24) is 20.3 Å². The molecule has 1 amide bonds. The zero-order valence-corrected chi connectivity index (χ0v) is 16.8. The SMILES string of the molecule is CCNC(=O)C(C)(C)CNC(=NC)NC1CCN(S(=O)(=O)C(F)(F)F)CC1. The topological polar surface area (TPSA) is 103 Å². The fourth-order valence-corrected chi connectivity index (χ4v) is 3.54. The van der Waals surface area contributed by atoms with Crippen molar-refractivity contribution in [2.45, 2.75) is 45.2 Å². The molecule has 0 aliphatic carbocycles. The van der Waals surface area contributed by atoms with Gasteiger partial charge in [-0.05, 0) is 33.6 Å². The van der Waals surface area contributed by atoms with Crippen molar-refractivity contribution in [2.75, 3.05) is 33.2 Å². The molecule has 1 aliphatic heterocycles. The van der Waals surface area contributed by atoms with E-state index in [1.165, 1.54) is 7.05 Å². The number of nitrogens with one attached hydrogen (secondary N) is 3. The molecule has 3 N–H and O–H groups in total. The van der Waals surface area contributed by atoms with Gasteiger partial charge < -0.3 is 16.0 Å². The highest BCUT2D eigenvalue weighted by Gasteiger charge is 2.50. The molecule has 1 saturated heterocycles. The van der Waals surface area contributed by atoms with Crippen LogP contribution in [0.25, 0.3) is 0 Å². The second kappa shape index (κ2) is 9.09. The first-order chi connectivity index (χ1) is 12.3. The van der Waals surface area contributed by atoms with E-state index in [9.17, 15) is 26.4 Å². The molecular formula is C15H28F3N5O3S. The quantitative estimate of drug-likeness (QED) is 0.436. The number of guanidine groups is 1. The molecule has 0 bridgehead atoms. The van der Waals surface area contributed by atoms with Crippen LogP contribution >= 0.6 is 0 Å². The number of halogens is 3. The lowest BCUT2D eigenvalue weighted by Gasteiger charge is -2.33. The summed E-state index contributed by atoms with van der Waals surface area (Å²) in [5.41, 5.74) is -5.96. The molecule has 0 radical (unpaired) electrons. The number of amides is 1. The fourth-order valence-electron chi connectivity index (χ4n) is 2.56. The van der Waals surface area contributed by atoms with Gasteiger partial charge in [-0.2, -0.15) is 17.5 Å². The maximum absolute atomic E-state index is 12.6. The van der Waals surface area contributed by atoms with Crippen molar-refractivity contribution in [3.63, 3.8) is 0 Å². The number of hydrogen-bond donors (Lipinski definition) is 3. The van der Waals surface area contributed by atoms with Gasteiger partial charge in [0.1, 0.15) is 0 Å². The largest absolute Gasteiger partial charge is 0.511 e. The number of alkyl halides is 3. The minimum Gasteiger partial charge on any atom is -0.356 e. The molecule has 0 aromatic heterocycles. The third-order valence-corrected chi connectivity index (χ3v) is 5.93. The molecule has 1 rings (SSSR count). The minimum absolute atomic E-state index is 0.112. The third-order valence-electron chi connectivity index (χ3n) is 4.30. The molecule has 0 spiro atoms. The predicted molar refractivity (Wildman–Crippen MR) is 96.5 cm³/mol. The lowest BCUT2D eigenvalue weighted by molar-refractivity contribution is -0.128. The molecule has 12 heteroatoms. The molecule has 8 nitrogen and oxygen atoms in total. The number of aliphatic imine (C=N–C) groups is 1. The van der Waals surface area contributed by atoms with E-state index in [-0.39, 0.29) is 37.9 Å². The summed E-state index contributed by atoms with van der Waals surface area (Å²) in [6, 6.07) is -0.219. The molecule has 0 aromatic carbocycles. The van der Waals surface area contributed by atoms with Gasteiger partial charge in [0.15, 0.2) is 5.96 Å². The Morgan fingerprint density at radius 2 is 1.74 bits per heavy atom. The summed E-state index contributed by atoms with van der Waals surface area (Å²) >= 11 is 0. The van der Waals surface area contributed by atoms with Gasteiger partial charge in [0.05, 0.1) is 5.41 Å². The van der Waals surface area contributed by atoms with Gasteiger partial charge in [0, 0.05) is 39.3 Å². The Morgan fingerprint density at radius 1 is 1.19 bits per heavy atom. The van der Waals surface area contributed by atoms with Crippen molar-refractivity contribution >= 4 is 21.9 Å². The van der Waals surface area contributed by atoms with Crippen LogP contribution in [0.3, 0.4) is 0 Å². The second-order valence-corrected chi connectivity index (χ2v) is 8.87. The number of rotatable bonds is 6. The van der Waals surface area contributed by atoms with Crippen LogP contribution in [0.4, 0.5) is 13.2 Å². The van der Waals surface area contributed by atoms with E-state index >= 15 is 0 Å². The average Bonchev–Trinajstić information content (AvgIpc) is 2.58. The van der Waals surface area contributed by atoms with E-state index in [1.807, 2.05) is 6.92 Å². The normalized spacial score (nSPS) is 18.3. The van der Waals surface area contributed by atoms with E-state index in [4.69, 9.17) is 0 Å². The zero-order chi connectivity index (χ0) is 20.9. The Hall–Kier alpha value is -1.56. The van der Waals surface area contributed by atoms with Gasteiger partial charge in [0.25, 0.3) is 0 Å². The molecule has 158 valence electrons. The predicted octanol–water partition coefficient (Wildman–Crippen LogP) is 0.628. The number of sulfonamides is 1. The highest BCUT2D eigenvalue weighted by molar-refractivity contribution is 7.90. The Balaban J connectivity index is 2.56. The van der Waals surface area contributed by atoms with Crippen LogP contribution in [0.5, 0.6) is 0 Å². The van der Waals surface area contributed by atoms with Crippen molar-refractivity contribution in [3.05, 3.63) is 0 Å². The second-order valence-electron chi connectivity index (χ2n) is 6.94. The molecule has 1 aliphatic rings. The van der Waals surface area contributed by atoms with E-state index in [2.05, 4.69) is 20.9 Å². The maximum atomic E-state index is 12.6. The van der Waals surface area contributed by atoms with Gasteiger partial charge in [0.2, 0.25) is 5.91 Å². The summed E-state index contributed by atoms with van der Waals surface area (Å²) in [4.78, 5) is 16.0. The Kier molecular flexibility index (Phi) is 7.90. The van der Waals surface area contributed by atoms with Gasteiger partial charge in [-0.3, -0.25) is 9.79 Å². The molecule has 0 aromatic rings. The summed E-state index contributed by atoms with van der Waals surface area (Å²) in [6.45, 7) is 5.76. The molecule has 27 heavy (non-hydrogen) atoms. The van der Waals surface area contributed by atoms with E-state index in [0.717, 1.165) is 0 Å². The molecule has 1 heterocycles. The van der Waals surface area contributed by atoms with E-state index in [0.29, 0.717) is 23.4 Å². The lowest BCUT2D eigenvalue weighted by atomic mass is 9.92. The highest BCUT2D eigenvalue weighted by Crippen LogP contribution is 2.28. The van der Waals surface area contributed by atoms with Crippen LogP contribution in [0.2, 0.25) is 0 Å². The number of carbonyl (C=O) groups excluding carboxylic acids is 1. The van der Waals surface area contributed by atoms with Crippen LogP contribution < -0.4 is 16.0 Å². The van der Waals surface area contributed by atoms with Crippen LogP contribution in [-0.2, 0) is 14.8 Å². The molecule has 0 atom stereocenters. The van der Waals surface area contributed by atoms with E-state index in [1.54, 1.807) is 13.8 Å². The Labute approximate surface area is 158 Å². The Morgan fingerprint density at radius 3 is 2.19 bits per heavy atom. The standard InChI is InChI=1S/C15H28F3N5O3S/c1-5-20-12(24)14(2,3)10-21-13(19-4)22-11-6-8-23(9-7-11)27(25,26)15(16,17)18/h11H,5-10H2,1-4H3,(H,20,24)(H2,19,21,22). The lowest BCUT2D eigenvalue weighted by Crippen LogP contribution is -2.53. The molecule has 0 saturated carbocycles. The number of piperidine rings is 1. The van der Waals surface area contributed by atoms with Crippen LogP contribution in [0.15, 0.2) is 4.99 Å². The van der Waals surface area contributed by atoms with Crippen molar-refractivity contribution in [2.24, 2.45) is 10.4 Å². The van der Waals surface area contributed by atoms with Crippen LogP contribution in [0.1, 0.15) is 33.6 Å². The first-order valence-electron chi connectivity index (χ1n) is 8.67. The number of nitrogens with zero attached hydrogens (tertiary/aromatic N) is 2. The summed E-state index contributed by atoms with van der Waals surface area (Å²) < 4.78 is 61.1. The molecular weight excluding hydrogens is 387 g/mol. The summed E-state index contributed by atoms with van der Waals surface area (Å²) in [7, 11) is -3.75. The van der Waals surface area contributed by atoms with Gasteiger partial charge in [-0.15, -0.1) is 0 Å². The smallest absolute Gasteiger partial charge is 0.356 e. The monoisotopic (exact) mass is 415 g/mol. The van der Waals surface area contributed by atoms with E-state index < -0.39 is 20.9 Å². The van der Waals surface area contributed by atoms with Gasteiger partial charge in [-0.25, -0.2) is 8.42 Å². The zero-order valence-electron chi connectivity index (χ0n) is 16.0. The summed E-state index contributed by atoms with van der Waals surface area (Å²) in [6.07, 6.45) is 0.436. The maximum Gasteiger partial charge on any atom is 0.511 e. The minimum atomic E-state index is -5.29. The highest BCUT2D eigenvalue weighted by atomic mass is 32.2. The fraction of sp³-hybridized carbons (Fsp3) is 0.867. The van der Waals surface area contributed by atoms with Crippen molar-refractivity contribution in [3.8, 4) is 0 Å². The first kappa shape index (κ1) is 23.5. The first-order valence-corrected chi connectivity index (χ1v) is 10.1. The van der Waals surface area contributed by atoms with Crippen molar-refractivity contribution < 1.29 is 26.4 Å². The van der Waals surface area contributed by atoms with Gasteiger partial charge in [-0.1, -0.05) is 0 Å².